The summed E-state index contributed by atoms with van der Waals surface area (Å²) in [7, 11) is 0. The Bertz CT molecular complexity index is 360. The van der Waals surface area contributed by atoms with E-state index in [0.717, 1.165) is 29.6 Å². The van der Waals surface area contributed by atoms with Gasteiger partial charge in [0.2, 0.25) is 0 Å². The second-order valence-electron chi connectivity index (χ2n) is 3.99. The van der Waals surface area contributed by atoms with Gasteiger partial charge in [0.1, 0.15) is 5.69 Å². The second-order valence-corrected chi connectivity index (χ2v) is 4.91. The van der Waals surface area contributed by atoms with E-state index in [2.05, 4.69) is 28.2 Å². The molecule has 3 nitrogen and oxygen atoms in total. The molecule has 0 saturated heterocycles. The van der Waals surface area contributed by atoms with Crippen LogP contribution in [0.15, 0.2) is 16.7 Å². The van der Waals surface area contributed by atoms with E-state index < -0.39 is 0 Å². The van der Waals surface area contributed by atoms with Gasteiger partial charge in [-0.05, 0) is 42.3 Å². The lowest BCUT2D eigenvalue weighted by atomic mass is 10.2. The zero-order valence-electron chi connectivity index (χ0n) is 10.1. The van der Waals surface area contributed by atoms with Crippen LogP contribution >= 0.6 is 15.9 Å². The van der Waals surface area contributed by atoms with Crippen molar-refractivity contribution in [2.24, 2.45) is 0 Å². The summed E-state index contributed by atoms with van der Waals surface area (Å²) in [6.07, 6.45) is 4.03. The van der Waals surface area contributed by atoms with Gasteiger partial charge < -0.3 is 9.88 Å². The van der Waals surface area contributed by atoms with Gasteiger partial charge in [-0.15, -0.1) is 0 Å². The first-order valence-electron chi connectivity index (χ1n) is 5.75. The van der Waals surface area contributed by atoms with Crippen LogP contribution in [0.5, 0.6) is 0 Å². The summed E-state index contributed by atoms with van der Waals surface area (Å²) in [6.45, 7) is 6.98. The van der Waals surface area contributed by atoms with Gasteiger partial charge >= 0.3 is 0 Å². The number of hydrogen-bond acceptors (Lipinski definition) is 1. The van der Waals surface area contributed by atoms with Gasteiger partial charge in [0.05, 0.1) is 0 Å². The van der Waals surface area contributed by atoms with Crippen LogP contribution in [0.2, 0.25) is 0 Å². The number of rotatable bonds is 5. The molecule has 0 radical (unpaired) electrons. The summed E-state index contributed by atoms with van der Waals surface area (Å²) in [5, 5.41) is 3.00. The van der Waals surface area contributed by atoms with Gasteiger partial charge in [-0.2, -0.15) is 0 Å². The number of carbonyl (C=O) groups excluding carboxylic acids is 1. The minimum Gasteiger partial charge on any atom is -0.348 e. The summed E-state index contributed by atoms with van der Waals surface area (Å²) in [5.74, 6) is 0.00787. The third kappa shape index (κ3) is 3.37. The molecule has 90 valence electrons. The average Bonchev–Trinajstić information content (AvgIpc) is 2.59. The van der Waals surface area contributed by atoms with Gasteiger partial charge in [0, 0.05) is 23.3 Å². The zero-order chi connectivity index (χ0) is 12.1. The van der Waals surface area contributed by atoms with E-state index in [4.69, 9.17) is 0 Å². The Morgan fingerprint density at radius 2 is 2.25 bits per heavy atom. The first-order chi connectivity index (χ1) is 7.58. The standard InChI is InChI=1S/C12H19BrN2O/c1-4-6-9(3)14-12(16)11-7-10(13)8-15(11)5-2/h7-9H,4-6H2,1-3H3,(H,14,16). The second kappa shape index (κ2) is 6.09. The Labute approximate surface area is 105 Å². The molecule has 16 heavy (non-hydrogen) atoms. The first-order valence-corrected chi connectivity index (χ1v) is 6.54. The molecule has 1 rings (SSSR count). The van der Waals surface area contributed by atoms with Crippen LogP contribution in [-0.4, -0.2) is 16.5 Å². The van der Waals surface area contributed by atoms with Crippen molar-refractivity contribution in [3.63, 3.8) is 0 Å². The Morgan fingerprint density at radius 1 is 1.56 bits per heavy atom. The SMILES string of the molecule is CCCC(C)NC(=O)c1cc(Br)cn1CC. The molecule has 4 heteroatoms. The van der Waals surface area contributed by atoms with Gasteiger partial charge in [-0.25, -0.2) is 0 Å². The molecule has 0 fully saturated rings. The average molecular weight is 287 g/mol. The van der Waals surface area contributed by atoms with Crippen molar-refractivity contribution >= 4 is 21.8 Å². The van der Waals surface area contributed by atoms with E-state index in [-0.39, 0.29) is 11.9 Å². The highest BCUT2D eigenvalue weighted by Gasteiger charge is 2.13. The van der Waals surface area contributed by atoms with E-state index in [1.807, 2.05) is 30.7 Å². The Balaban J connectivity index is 2.72. The van der Waals surface area contributed by atoms with Crippen LogP contribution in [-0.2, 0) is 6.54 Å². The molecule has 1 amide bonds. The molecule has 1 aromatic rings. The van der Waals surface area contributed by atoms with Gasteiger partial charge in [-0.3, -0.25) is 4.79 Å². The van der Waals surface area contributed by atoms with Crippen molar-refractivity contribution in [2.45, 2.75) is 46.2 Å². The monoisotopic (exact) mass is 286 g/mol. The van der Waals surface area contributed by atoms with Gasteiger partial charge in [-0.1, -0.05) is 13.3 Å². The third-order valence-corrected chi connectivity index (χ3v) is 2.97. The molecule has 1 heterocycles. The molecule has 0 bridgehead atoms. The number of carbonyl (C=O) groups is 1. The van der Waals surface area contributed by atoms with Crippen LogP contribution in [0.1, 0.15) is 44.1 Å². The molecule has 0 aliphatic heterocycles. The van der Waals surface area contributed by atoms with Crippen LogP contribution in [0.4, 0.5) is 0 Å². The van der Waals surface area contributed by atoms with Crippen molar-refractivity contribution < 1.29 is 4.79 Å². The van der Waals surface area contributed by atoms with E-state index >= 15 is 0 Å². The number of amides is 1. The van der Waals surface area contributed by atoms with Gasteiger partial charge in [0.25, 0.3) is 5.91 Å². The maximum absolute atomic E-state index is 12.0. The molecule has 0 aliphatic carbocycles. The molecule has 0 aliphatic rings. The highest BCUT2D eigenvalue weighted by molar-refractivity contribution is 9.10. The van der Waals surface area contributed by atoms with Crippen LogP contribution in [0.25, 0.3) is 0 Å². The maximum Gasteiger partial charge on any atom is 0.268 e. The van der Waals surface area contributed by atoms with Crippen molar-refractivity contribution in [3.05, 3.63) is 22.4 Å². The van der Waals surface area contributed by atoms with Crippen molar-refractivity contribution in [1.82, 2.24) is 9.88 Å². The summed E-state index contributed by atoms with van der Waals surface area (Å²) in [6, 6.07) is 2.09. The lowest BCUT2D eigenvalue weighted by Crippen LogP contribution is -2.33. The Hall–Kier alpha value is -0.770. The Morgan fingerprint density at radius 3 is 2.81 bits per heavy atom. The largest absolute Gasteiger partial charge is 0.348 e. The maximum atomic E-state index is 12.0. The highest BCUT2D eigenvalue weighted by atomic mass is 79.9. The minimum absolute atomic E-state index is 0.00787. The molecular formula is C12H19BrN2O. The number of nitrogens with zero attached hydrogens (tertiary/aromatic N) is 1. The molecule has 1 atom stereocenters. The predicted molar refractivity (Wildman–Crippen MR) is 69.6 cm³/mol. The van der Waals surface area contributed by atoms with Crippen LogP contribution in [0, 0.1) is 0 Å². The lowest BCUT2D eigenvalue weighted by Gasteiger charge is -2.13. The summed E-state index contributed by atoms with van der Waals surface area (Å²) < 4.78 is 2.89. The van der Waals surface area contributed by atoms with Crippen LogP contribution < -0.4 is 5.32 Å². The van der Waals surface area contributed by atoms with Crippen molar-refractivity contribution in [3.8, 4) is 0 Å². The van der Waals surface area contributed by atoms with E-state index in [0.29, 0.717) is 0 Å². The molecule has 1 N–H and O–H groups in total. The number of aromatic nitrogens is 1. The summed E-state index contributed by atoms with van der Waals surface area (Å²) in [5.41, 5.74) is 0.720. The van der Waals surface area contributed by atoms with E-state index in [9.17, 15) is 4.79 Å². The zero-order valence-corrected chi connectivity index (χ0v) is 11.7. The smallest absolute Gasteiger partial charge is 0.268 e. The van der Waals surface area contributed by atoms with E-state index in [1.165, 1.54) is 0 Å². The molecule has 0 saturated carbocycles. The Kier molecular flexibility index (Phi) is 5.06. The molecule has 1 unspecified atom stereocenters. The lowest BCUT2D eigenvalue weighted by molar-refractivity contribution is 0.0929. The molecule has 0 spiro atoms. The topological polar surface area (TPSA) is 34.0 Å². The fourth-order valence-corrected chi connectivity index (χ4v) is 2.19. The van der Waals surface area contributed by atoms with Crippen LogP contribution in [0.3, 0.4) is 0 Å². The quantitative estimate of drug-likeness (QED) is 0.886. The highest BCUT2D eigenvalue weighted by Crippen LogP contribution is 2.15. The third-order valence-electron chi connectivity index (χ3n) is 2.54. The number of nitrogens with one attached hydrogen (secondary N) is 1. The van der Waals surface area contributed by atoms with E-state index in [1.54, 1.807) is 0 Å². The molecular weight excluding hydrogens is 268 g/mol. The first kappa shape index (κ1) is 13.3. The predicted octanol–water partition coefficient (Wildman–Crippen LogP) is 3.19. The molecule has 0 aromatic carbocycles. The fraction of sp³-hybridized carbons (Fsp3) is 0.583. The van der Waals surface area contributed by atoms with Gasteiger partial charge in [0.15, 0.2) is 0 Å². The number of halogens is 1. The normalized spacial score (nSPS) is 12.5. The minimum atomic E-state index is 0.00787. The van der Waals surface area contributed by atoms with Crippen molar-refractivity contribution in [1.29, 1.82) is 0 Å². The summed E-state index contributed by atoms with van der Waals surface area (Å²) >= 11 is 3.39. The summed E-state index contributed by atoms with van der Waals surface area (Å²) in [4.78, 5) is 12.0. The molecule has 1 aromatic heterocycles. The number of hydrogen-bond donors (Lipinski definition) is 1. The van der Waals surface area contributed by atoms with Crippen molar-refractivity contribution in [2.75, 3.05) is 0 Å². The number of aryl methyl sites for hydroxylation is 1. The fourth-order valence-electron chi connectivity index (χ4n) is 1.73.